The van der Waals surface area contributed by atoms with Crippen LogP contribution in [0.2, 0.25) is 0 Å². The van der Waals surface area contributed by atoms with E-state index in [1.807, 2.05) is 6.08 Å². The highest BCUT2D eigenvalue weighted by Crippen LogP contribution is 2.20. The van der Waals surface area contributed by atoms with E-state index in [2.05, 4.69) is 0 Å². The van der Waals surface area contributed by atoms with Crippen LogP contribution in [-0.2, 0) is 14.3 Å². The Kier molecular flexibility index (Phi) is 3.47. The minimum atomic E-state index is -0.633. The van der Waals surface area contributed by atoms with Crippen molar-refractivity contribution >= 4 is 11.9 Å². The molecule has 5 heteroatoms. The van der Waals surface area contributed by atoms with Crippen LogP contribution < -0.4 is 0 Å². The predicted octanol–water partition coefficient (Wildman–Crippen LogP) is 0.579. The topological polar surface area (TPSA) is 66.8 Å². The van der Waals surface area contributed by atoms with Gasteiger partial charge in [-0.05, 0) is 25.8 Å². The van der Waals surface area contributed by atoms with Crippen LogP contribution in [-0.4, -0.2) is 40.8 Å². The summed E-state index contributed by atoms with van der Waals surface area (Å²) in [6, 6.07) is 0. The third kappa shape index (κ3) is 2.66. The van der Waals surface area contributed by atoms with Crippen LogP contribution in [0.25, 0.3) is 0 Å². The normalized spacial score (nSPS) is 28.6. The maximum atomic E-state index is 11.4. The van der Waals surface area contributed by atoms with Crippen molar-refractivity contribution in [1.82, 2.24) is 4.90 Å². The molecule has 1 saturated heterocycles. The van der Waals surface area contributed by atoms with E-state index < -0.39 is 6.23 Å². The van der Waals surface area contributed by atoms with E-state index in [4.69, 9.17) is 4.74 Å². The first-order valence-electron chi connectivity index (χ1n) is 5.95. The number of nitrogens with zero attached hydrogens (tertiary/aromatic N) is 1. The van der Waals surface area contributed by atoms with E-state index in [0.717, 1.165) is 6.42 Å². The summed E-state index contributed by atoms with van der Waals surface area (Å²) in [7, 11) is 0. The zero-order valence-corrected chi connectivity index (χ0v) is 9.89. The molecule has 5 nitrogen and oxygen atoms in total. The molecule has 1 N–H and O–H groups in total. The molecule has 0 aromatic rings. The lowest BCUT2D eigenvalue weighted by Crippen LogP contribution is -2.33. The molecular formula is C12H17NO4. The van der Waals surface area contributed by atoms with Gasteiger partial charge in [0, 0.05) is 25.0 Å². The summed E-state index contributed by atoms with van der Waals surface area (Å²) in [6.07, 6.45) is 3.38. The lowest BCUT2D eigenvalue weighted by atomic mass is 10.1. The first-order chi connectivity index (χ1) is 8.08. The van der Waals surface area contributed by atoms with Crippen molar-refractivity contribution in [3.8, 4) is 0 Å². The summed E-state index contributed by atoms with van der Waals surface area (Å²) < 4.78 is 5.09. The van der Waals surface area contributed by atoms with Gasteiger partial charge in [-0.1, -0.05) is 0 Å². The molecule has 1 fully saturated rings. The average Bonchev–Trinajstić information content (AvgIpc) is 2.75. The second kappa shape index (κ2) is 4.87. The lowest BCUT2D eigenvalue weighted by Gasteiger charge is -2.20. The molecule has 94 valence electrons. The second-order valence-electron chi connectivity index (χ2n) is 4.54. The fraction of sp³-hybridized carbons (Fsp3) is 0.667. The summed E-state index contributed by atoms with van der Waals surface area (Å²) in [5, 5.41) is 9.54. The number of esters is 1. The molecule has 2 unspecified atom stereocenters. The monoisotopic (exact) mass is 239 g/mol. The van der Waals surface area contributed by atoms with Gasteiger partial charge >= 0.3 is 5.97 Å². The molecule has 0 radical (unpaired) electrons. The Balaban J connectivity index is 1.73. The average molecular weight is 239 g/mol. The molecule has 2 rings (SSSR count). The highest BCUT2D eigenvalue weighted by Gasteiger charge is 2.29. The van der Waals surface area contributed by atoms with Crippen LogP contribution in [0.15, 0.2) is 11.6 Å². The molecule has 0 aromatic heterocycles. The number of rotatable bonds is 4. The third-order valence-corrected chi connectivity index (χ3v) is 3.20. The van der Waals surface area contributed by atoms with Gasteiger partial charge in [0.25, 0.3) is 0 Å². The van der Waals surface area contributed by atoms with E-state index in [-0.39, 0.29) is 18.0 Å². The van der Waals surface area contributed by atoms with Crippen molar-refractivity contribution in [2.45, 2.75) is 44.9 Å². The summed E-state index contributed by atoms with van der Waals surface area (Å²) in [5.74, 6) is -0.250. The van der Waals surface area contributed by atoms with Crippen molar-refractivity contribution in [3.05, 3.63) is 11.6 Å². The molecular weight excluding hydrogens is 222 g/mol. The Hall–Kier alpha value is -1.36. The number of likely N-dealkylation sites (tertiary alicyclic amines) is 1. The zero-order valence-electron chi connectivity index (χ0n) is 9.89. The van der Waals surface area contributed by atoms with Crippen LogP contribution in [0.1, 0.15) is 32.6 Å². The Morgan fingerprint density at radius 1 is 1.53 bits per heavy atom. The molecule has 0 spiro atoms. The van der Waals surface area contributed by atoms with Gasteiger partial charge in [0.05, 0.1) is 0 Å². The van der Waals surface area contributed by atoms with Gasteiger partial charge in [0.1, 0.15) is 12.3 Å². The van der Waals surface area contributed by atoms with Crippen molar-refractivity contribution in [1.29, 1.82) is 0 Å². The number of carbonyl (C=O) groups is 2. The first kappa shape index (κ1) is 12.1. The van der Waals surface area contributed by atoms with Crippen LogP contribution in [0, 0.1) is 0 Å². The Bertz CT molecular complexity index is 364. The van der Waals surface area contributed by atoms with Crippen molar-refractivity contribution in [2.24, 2.45) is 0 Å². The molecule has 1 amide bonds. The standard InChI is InChI=1S/C12H17NO4/c1-8-7-9(17-12(8)16)3-2-6-13-10(14)4-5-11(13)15/h7,9-10,14H,2-6H2,1H3. The molecule has 2 atom stereocenters. The molecule has 2 aliphatic heterocycles. The second-order valence-corrected chi connectivity index (χ2v) is 4.54. The molecule has 2 heterocycles. The van der Waals surface area contributed by atoms with E-state index in [9.17, 15) is 14.7 Å². The predicted molar refractivity (Wildman–Crippen MR) is 59.8 cm³/mol. The van der Waals surface area contributed by atoms with Gasteiger partial charge in [-0.2, -0.15) is 0 Å². The van der Waals surface area contributed by atoms with Gasteiger partial charge in [0.15, 0.2) is 0 Å². The molecule has 2 aliphatic rings. The molecule has 0 bridgehead atoms. The largest absolute Gasteiger partial charge is 0.455 e. The fourth-order valence-corrected chi connectivity index (χ4v) is 2.21. The Morgan fingerprint density at radius 2 is 2.29 bits per heavy atom. The molecule has 0 aromatic carbocycles. The number of hydrogen-bond acceptors (Lipinski definition) is 4. The van der Waals surface area contributed by atoms with Gasteiger partial charge < -0.3 is 14.7 Å². The minimum absolute atomic E-state index is 0.00707. The van der Waals surface area contributed by atoms with E-state index >= 15 is 0 Å². The third-order valence-electron chi connectivity index (χ3n) is 3.20. The number of ether oxygens (including phenoxy) is 1. The number of hydrogen-bond donors (Lipinski definition) is 1. The van der Waals surface area contributed by atoms with E-state index in [1.54, 1.807) is 6.92 Å². The van der Waals surface area contributed by atoms with Crippen molar-refractivity contribution in [2.75, 3.05) is 6.54 Å². The summed E-state index contributed by atoms with van der Waals surface area (Å²) in [6.45, 7) is 2.26. The van der Waals surface area contributed by atoms with Gasteiger partial charge in [-0.25, -0.2) is 4.79 Å². The Labute approximate surface area is 100 Å². The van der Waals surface area contributed by atoms with Crippen LogP contribution in [0.4, 0.5) is 0 Å². The molecule has 17 heavy (non-hydrogen) atoms. The zero-order chi connectivity index (χ0) is 12.4. The molecule has 0 aliphatic carbocycles. The highest BCUT2D eigenvalue weighted by molar-refractivity contribution is 5.90. The number of carbonyl (C=O) groups excluding carboxylic acids is 2. The van der Waals surface area contributed by atoms with Crippen LogP contribution >= 0.6 is 0 Å². The summed E-state index contributed by atoms with van der Waals surface area (Å²) >= 11 is 0. The lowest BCUT2D eigenvalue weighted by molar-refractivity contribution is -0.140. The summed E-state index contributed by atoms with van der Waals surface area (Å²) in [4.78, 5) is 24.0. The minimum Gasteiger partial charge on any atom is -0.455 e. The van der Waals surface area contributed by atoms with E-state index in [1.165, 1.54) is 4.90 Å². The van der Waals surface area contributed by atoms with Gasteiger partial charge in [0.2, 0.25) is 5.91 Å². The van der Waals surface area contributed by atoms with E-state index in [0.29, 0.717) is 31.4 Å². The maximum absolute atomic E-state index is 11.4. The SMILES string of the molecule is CC1=CC(CCCN2C(=O)CCC2O)OC1=O. The van der Waals surface area contributed by atoms with Crippen LogP contribution in [0.3, 0.4) is 0 Å². The number of amides is 1. The van der Waals surface area contributed by atoms with Crippen molar-refractivity contribution in [3.63, 3.8) is 0 Å². The van der Waals surface area contributed by atoms with Gasteiger partial charge in [-0.3, -0.25) is 4.79 Å². The number of cyclic esters (lactones) is 1. The number of aliphatic hydroxyl groups is 1. The quantitative estimate of drug-likeness (QED) is 0.729. The van der Waals surface area contributed by atoms with Crippen molar-refractivity contribution < 1.29 is 19.4 Å². The smallest absolute Gasteiger partial charge is 0.334 e. The highest BCUT2D eigenvalue weighted by atomic mass is 16.5. The number of aliphatic hydroxyl groups excluding tert-OH is 1. The van der Waals surface area contributed by atoms with Gasteiger partial charge in [-0.15, -0.1) is 0 Å². The Morgan fingerprint density at radius 3 is 2.82 bits per heavy atom. The maximum Gasteiger partial charge on any atom is 0.334 e. The fourth-order valence-electron chi connectivity index (χ4n) is 2.21. The van der Waals surface area contributed by atoms with Crippen LogP contribution in [0.5, 0.6) is 0 Å². The first-order valence-corrected chi connectivity index (χ1v) is 5.95. The molecule has 0 saturated carbocycles. The summed E-state index contributed by atoms with van der Waals surface area (Å²) in [5.41, 5.74) is 0.646.